The molecule has 0 atom stereocenters. The number of hydrogen-bond donors (Lipinski definition) is 1. The lowest BCUT2D eigenvalue weighted by Gasteiger charge is -1.97. The van der Waals surface area contributed by atoms with Gasteiger partial charge in [0.15, 0.2) is 0 Å². The second kappa shape index (κ2) is 11.3. The summed E-state index contributed by atoms with van der Waals surface area (Å²) in [6.07, 6.45) is 0.853. The predicted octanol–water partition coefficient (Wildman–Crippen LogP) is 1.17. The third kappa shape index (κ3) is 10.4. The molecule has 0 aliphatic carbocycles. The molecule has 3 nitrogen and oxygen atoms in total. The van der Waals surface area contributed by atoms with Crippen molar-refractivity contribution in [2.75, 3.05) is 13.2 Å². The van der Waals surface area contributed by atoms with E-state index in [0.717, 1.165) is 6.42 Å². The molecule has 0 saturated carbocycles. The summed E-state index contributed by atoms with van der Waals surface area (Å²) in [5, 5.41) is 0. The summed E-state index contributed by atoms with van der Waals surface area (Å²) >= 11 is 0. The zero-order valence-corrected chi connectivity index (χ0v) is 7.02. The maximum Gasteiger partial charge on any atom is 0.319 e. The van der Waals surface area contributed by atoms with Crippen LogP contribution in [-0.2, 0) is 9.53 Å². The Bertz CT molecular complexity index is 78.8. The lowest BCUT2D eigenvalue weighted by atomic mass is 10.5. The van der Waals surface area contributed by atoms with Crippen molar-refractivity contribution in [3.63, 3.8) is 0 Å². The Kier molecular flexibility index (Phi) is 13.7. The third-order valence-electron chi connectivity index (χ3n) is 0.634. The fourth-order valence-electron chi connectivity index (χ4n) is 0.275. The van der Waals surface area contributed by atoms with Crippen LogP contribution in [-0.4, -0.2) is 19.1 Å². The summed E-state index contributed by atoms with van der Waals surface area (Å²) in [6.45, 7) is 6.40. The van der Waals surface area contributed by atoms with Gasteiger partial charge in [0.2, 0.25) is 0 Å². The molecule has 0 saturated heterocycles. The number of esters is 1. The average Bonchev–Trinajstić information content (AvgIpc) is 2.04. The van der Waals surface area contributed by atoms with Crippen LogP contribution in [0, 0.1) is 0 Å². The second-order valence-corrected chi connectivity index (χ2v) is 1.42. The van der Waals surface area contributed by atoms with Gasteiger partial charge in [0.1, 0.15) is 0 Å². The fraction of sp³-hybridized carbons (Fsp3) is 0.857. The number of carbonyl (C=O) groups excluding carboxylic acids is 1. The van der Waals surface area contributed by atoms with Gasteiger partial charge >= 0.3 is 5.97 Å². The van der Waals surface area contributed by atoms with Crippen LogP contribution < -0.4 is 5.73 Å². The molecule has 10 heavy (non-hydrogen) atoms. The van der Waals surface area contributed by atoms with Gasteiger partial charge in [0.25, 0.3) is 0 Å². The number of nitrogens with two attached hydrogens (primary N) is 1. The lowest BCUT2D eigenvalue weighted by molar-refractivity contribution is -0.141. The normalized spacial score (nSPS) is 7.60. The van der Waals surface area contributed by atoms with Crippen LogP contribution in [0.25, 0.3) is 0 Å². The van der Waals surface area contributed by atoms with Crippen LogP contribution in [0.15, 0.2) is 0 Å². The number of ether oxygens (including phenoxy) is 1. The Hall–Kier alpha value is -0.570. The average molecular weight is 149 g/mol. The minimum absolute atomic E-state index is 0. The van der Waals surface area contributed by atoms with E-state index in [1.807, 2.05) is 20.8 Å². The Morgan fingerprint density at radius 2 is 2.10 bits per heavy atom. The maximum absolute atomic E-state index is 10.2. The van der Waals surface area contributed by atoms with E-state index in [0.29, 0.717) is 6.61 Å². The molecule has 2 N–H and O–H groups in total. The third-order valence-corrected chi connectivity index (χ3v) is 0.634. The zero-order chi connectivity index (χ0) is 8.41. The molecule has 0 fully saturated rings. The van der Waals surface area contributed by atoms with Crippen molar-refractivity contribution < 1.29 is 11.0 Å². The molecule has 0 bridgehead atoms. The quantitative estimate of drug-likeness (QED) is 0.613. The summed E-state index contributed by atoms with van der Waals surface area (Å²) in [6, 6.07) is 0. The molecule has 0 aromatic carbocycles. The van der Waals surface area contributed by atoms with Crippen LogP contribution in [0.2, 0.25) is 0 Å². The molecule has 0 radical (unpaired) electrons. The van der Waals surface area contributed by atoms with Crippen molar-refractivity contribution in [1.29, 1.82) is 0 Å². The van der Waals surface area contributed by atoms with E-state index in [4.69, 9.17) is 5.73 Å². The molecule has 0 amide bonds. The van der Waals surface area contributed by atoms with Crippen molar-refractivity contribution in [2.45, 2.75) is 27.2 Å². The first-order valence-electron chi connectivity index (χ1n) is 3.67. The van der Waals surface area contributed by atoms with Gasteiger partial charge in [-0.3, -0.25) is 4.79 Å². The van der Waals surface area contributed by atoms with Crippen LogP contribution in [0.4, 0.5) is 0 Å². The van der Waals surface area contributed by atoms with Gasteiger partial charge in [0.05, 0.1) is 13.2 Å². The standard InChI is InChI=1S/C5H11NO2.C2H6.H2/c1-2-3-8-5(7)4-6;1-2;/h2-4,6H2,1H3;1-2H3;1H. The Labute approximate surface area is 64.0 Å². The zero-order valence-electron chi connectivity index (χ0n) is 7.02. The predicted molar refractivity (Wildman–Crippen MR) is 43.8 cm³/mol. The smallest absolute Gasteiger partial charge is 0.319 e. The summed E-state index contributed by atoms with van der Waals surface area (Å²) in [5.41, 5.74) is 4.94. The minimum atomic E-state index is -0.327. The van der Waals surface area contributed by atoms with Crippen LogP contribution >= 0.6 is 0 Å². The van der Waals surface area contributed by atoms with Crippen LogP contribution in [0.1, 0.15) is 28.6 Å². The first-order chi connectivity index (χ1) is 4.81. The summed E-state index contributed by atoms with van der Waals surface area (Å²) in [5.74, 6) is -0.327. The molecule has 0 heterocycles. The lowest BCUT2D eigenvalue weighted by Crippen LogP contribution is -2.16. The van der Waals surface area contributed by atoms with Gasteiger partial charge in [-0.1, -0.05) is 20.8 Å². The monoisotopic (exact) mass is 149 g/mol. The van der Waals surface area contributed by atoms with Gasteiger partial charge in [-0.25, -0.2) is 0 Å². The van der Waals surface area contributed by atoms with Gasteiger partial charge in [-0.2, -0.15) is 0 Å². The Morgan fingerprint density at radius 3 is 2.40 bits per heavy atom. The summed E-state index contributed by atoms with van der Waals surface area (Å²) in [4.78, 5) is 10.2. The Balaban J connectivity index is -0.000000196. The van der Waals surface area contributed by atoms with Crippen molar-refractivity contribution in [1.82, 2.24) is 0 Å². The molecule has 0 aromatic heterocycles. The molecular formula is C7H19NO2. The largest absolute Gasteiger partial charge is 0.465 e. The minimum Gasteiger partial charge on any atom is -0.465 e. The van der Waals surface area contributed by atoms with Crippen molar-refractivity contribution in [3.05, 3.63) is 0 Å². The first kappa shape index (κ1) is 12.1. The van der Waals surface area contributed by atoms with Gasteiger partial charge < -0.3 is 10.5 Å². The van der Waals surface area contributed by atoms with E-state index < -0.39 is 0 Å². The molecule has 0 aromatic rings. The van der Waals surface area contributed by atoms with E-state index in [2.05, 4.69) is 4.74 Å². The highest BCUT2D eigenvalue weighted by molar-refractivity contribution is 5.71. The summed E-state index contributed by atoms with van der Waals surface area (Å²) in [7, 11) is 0. The maximum atomic E-state index is 10.2. The van der Waals surface area contributed by atoms with Crippen molar-refractivity contribution in [2.24, 2.45) is 5.73 Å². The van der Waals surface area contributed by atoms with Crippen LogP contribution in [0.5, 0.6) is 0 Å². The highest BCUT2D eigenvalue weighted by atomic mass is 16.5. The van der Waals surface area contributed by atoms with Gasteiger partial charge in [-0.15, -0.1) is 0 Å². The summed E-state index contributed by atoms with van der Waals surface area (Å²) < 4.78 is 4.58. The van der Waals surface area contributed by atoms with Crippen molar-refractivity contribution >= 4 is 5.97 Å². The number of hydrogen-bond acceptors (Lipinski definition) is 3. The van der Waals surface area contributed by atoms with E-state index in [1.165, 1.54) is 0 Å². The molecular weight excluding hydrogens is 130 g/mol. The second-order valence-electron chi connectivity index (χ2n) is 1.42. The fourth-order valence-corrected chi connectivity index (χ4v) is 0.275. The Morgan fingerprint density at radius 1 is 1.60 bits per heavy atom. The van der Waals surface area contributed by atoms with E-state index >= 15 is 0 Å². The molecule has 0 rings (SSSR count). The highest BCUT2D eigenvalue weighted by Gasteiger charge is 1.93. The van der Waals surface area contributed by atoms with E-state index in [-0.39, 0.29) is 13.9 Å². The molecule has 0 aliphatic rings. The van der Waals surface area contributed by atoms with E-state index in [1.54, 1.807) is 0 Å². The topological polar surface area (TPSA) is 52.3 Å². The van der Waals surface area contributed by atoms with Gasteiger partial charge in [-0.05, 0) is 6.42 Å². The molecule has 0 spiro atoms. The van der Waals surface area contributed by atoms with E-state index in [9.17, 15) is 4.79 Å². The SMILES string of the molecule is CC.CCCOC(=O)CN.[HH]. The number of carbonyl (C=O) groups is 1. The van der Waals surface area contributed by atoms with Gasteiger partial charge in [0, 0.05) is 1.43 Å². The highest BCUT2D eigenvalue weighted by Crippen LogP contribution is 1.78. The van der Waals surface area contributed by atoms with Crippen molar-refractivity contribution in [3.8, 4) is 0 Å². The molecule has 0 unspecified atom stereocenters. The molecule has 3 heteroatoms. The van der Waals surface area contributed by atoms with Crippen LogP contribution in [0.3, 0.4) is 0 Å². The molecule has 0 aliphatic heterocycles. The molecule has 64 valence electrons. The first-order valence-corrected chi connectivity index (χ1v) is 3.67. The number of rotatable bonds is 3.